The Kier molecular flexibility index (Phi) is 8.22. The summed E-state index contributed by atoms with van der Waals surface area (Å²) < 4.78 is 25.2. The van der Waals surface area contributed by atoms with E-state index in [4.69, 9.17) is 9.47 Å². The van der Waals surface area contributed by atoms with E-state index in [2.05, 4.69) is 21.2 Å². The molecule has 0 saturated heterocycles. The molecule has 0 aromatic heterocycles. The average molecular weight is 509 g/mol. The van der Waals surface area contributed by atoms with Gasteiger partial charge in [-0.2, -0.15) is 5.26 Å². The number of hydrogen-bond acceptors (Lipinski definition) is 4. The molecule has 0 aliphatic heterocycles. The number of carbonyl (C=O) groups excluding carboxylic acids is 1. The monoisotopic (exact) mass is 508 g/mol. The largest absolute Gasteiger partial charge is 0.493 e. The molecule has 0 radical (unpaired) electrons. The Labute approximate surface area is 200 Å². The van der Waals surface area contributed by atoms with Crippen LogP contribution < -0.4 is 14.8 Å². The lowest BCUT2D eigenvalue weighted by Gasteiger charge is -2.15. The molecule has 3 rings (SSSR count). The Morgan fingerprint density at radius 3 is 2.61 bits per heavy atom. The lowest BCUT2D eigenvalue weighted by Crippen LogP contribution is -2.27. The molecule has 0 heterocycles. The van der Waals surface area contributed by atoms with Crippen LogP contribution in [0.4, 0.5) is 4.39 Å². The molecule has 7 heteroatoms. The van der Waals surface area contributed by atoms with E-state index >= 15 is 0 Å². The predicted molar refractivity (Wildman–Crippen MR) is 128 cm³/mol. The Balaban J connectivity index is 1.79. The molecular weight excluding hydrogens is 487 g/mol. The van der Waals surface area contributed by atoms with E-state index in [1.165, 1.54) is 25.3 Å². The highest BCUT2D eigenvalue weighted by molar-refractivity contribution is 9.10. The van der Waals surface area contributed by atoms with Crippen LogP contribution in [0.2, 0.25) is 0 Å². The van der Waals surface area contributed by atoms with Gasteiger partial charge in [-0.15, -0.1) is 0 Å². The van der Waals surface area contributed by atoms with Gasteiger partial charge in [-0.3, -0.25) is 4.79 Å². The maximum atomic E-state index is 13.4. The molecule has 0 fully saturated rings. The van der Waals surface area contributed by atoms with Crippen molar-refractivity contribution in [2.24, 2.45) is 0 Å². The van der Waals surface area contributed by atoms with Crippen molar-refractivity contribution in [3.63, 3.8) is 0 Å². The van der Waals surface area contributed by atoms with Gasteiger partial charge in [-0.25, -0.2) is 4.39 Å². The highest BCUT2D eigenvalue weighted by atomic mass is 79.9. The minimum absolute atomic E-state index is 0.0415. The van der Waals surface area contributed by atoms with Gasteiger partial charge in [0, 0.05) is 0 Å². The zero-order valence-electron chi connectivity index (χ0n) is 18.1. The van der Waals surface area contributed by atoms with Crippen LogP contribution in [-0.4, -0.2) is 13.0 Å². The van der Waals surface area contributed by atoms with Crippen molar-refractivity contribution in [1.82, 2.24) is 5.32 Å². The molecule has 168 valence electrons. The smallest absolute Gasteiger partial charge is 0.262 e. The number of benzene rings is 3. The molecule has 0 spiro atoms. The minimum atomic E-state index is -0.477. The lowest BCUT2D eigenvalue weighted by molar-refractivity contribution is -0.117. The van der Waals surface area contributed by atoms with Crippen molar-refractivity contribution in [3.05, 3.63) is 99.3 Å². The van der Waals surface area contributed by atoms with E-state index < -0.39 is 5.91 Å². The maximum absolute atomic E-state index is 13.4. The van der Waals surface area contributed by atoms with Gasteiger partial charge in [-0.1, -0.05) is 42.5 Å². The number of amides is 1. The molecule has 1 atom stereocenters. The second kappa shape index (κ2) is 11.3. The molecule has 0 bridgehead atoms. The fourth-order valence-electron chi connectivity index (χ4n) is 3.16. The number of nitriles is 1. The van der Waals surface area contributed by atoms with Crippen LogP contribution in [0.3, 0.4) is 0 Å². The molecule has 1 amide bonds. The zero-order chi connectivity index (χ0) is 23.8. The number of nitrogens with one attached hydrogen (secondary N) is 1. The van der Waals surface area contributed by atoms with Crippen LogP contribution in [0.5, 0.6) is 11.5 Å². The van der Waals surface area contributed by atoms with Crippen LogP contribution >= 0.6 is 15.9 Å². The van der Waals surface area contributed by atoms with Crippen molar-refractivity contribution >= 4 is 27.9 Å². The summed E-state index contributed by atoms with van der Waals surface area (Å²) in [7, 11) is 1.49. The van der Waals surface area contributed by atoms with Gasteiger partial charge in [0.2, 0.25) is 0 Å². The Bertz CT molecular complexity index is 1210. The highest BCUT2D eigenvalue weighted by Gasteiger charge is 2.16. The third-order valence-electron chi connectivity index (χ3n) is 4.85. The van der Waals surface area contributed by atoms with Crippen molar-refractivity contribution in [1.29, 1.82) is 5.26 Å². The topological polar surface area (TPSA) is 71.3 Å². The van der Waals surface area contributed by atoms with E-state index in [0.29, 0.717) is 27.1 Å². The molecule has 5 nitrogen and oxygen atoms in total. The van der Waals surface area contributed by atoms with Crippen LogP contribution in [-0.2, 0) is 11.4 Å². The van der Waals surface area contributed by atoms with Gasteiger partial charge in [-0.05, 0) is 69.9 Å². The van der Waals surface area contributed by atoms with Crippen LogP contribution in [0.1, 0.15) is 29.7 Å². The number of ether oxygens (including phenoxy) is 2. The summed E-state index contributed by atoms with van der Waals surface area (Å²) >= 11 is 3.45. The third kappa shape index (κ3) is 6.43. The lowest BCUT2D eigenvalue weighted by atomic mass is 10.1. The molecule has 0 unspecified atom stereocenters. The summed E-state index contributed by atoms with van der Waals surface area (Å²) in [6.07, 6.45) is 1.48. The van der Waals surface area contributed by atoms with Crippen molar-refractivity contribution in [2.45, 2.75) is 19.6 Å². The summed E-state index contributed by atoms with van der Waals surface area (Å²) in [4.78, 5) is 12.7. The normalized spacial score (nSPS) is 11.9. The maximum Gasteiger partial charge on any atom is 0.262 e. The van der Waals surface area contributed by atoms with Gasteiger partial charge in [0.1, 0.15) is 24.1 Å². The quantitative estimate of drug-likeness (QED) is 0.301. The average Bonchev–Trinajstić information content (AvgIpc) is 2.82. The first-order valence-corrected chi connectivity index (χ1v) is 10.9. The molecule has 0 aliphatic rings. The molecule has 3 aromatic carbocycles. The summed E-state index contributed by atoms with van der Waals surface area (Å²) in [5, 5.41) is 12.4. The summed E-state index contributed by atoms with van der Waals surface area (Å²) in [5.41, 5.74) is 2.15. The Hall–Kier alpha value is -3.63. The Morgan fingerprint density at radius 2 is 1.94 bits per heavy atom. The van der Waals surface area contributed by atoms with Gasteiger partial charge >= 0.3 is 0 Å². The van der Waals surface area contributed by atoms with E-state index in [-0.39, 0.29) is 24.0 Å². The fourth-order valence-corrected chi connectivity index (χ4v) is 3.73. The third-order valence-corrected chi connectivity index (χ3v) is 5.44. The van der Waals surface area contributed by atoms with Crippen LogP contribution in [0.15, 0.2) is 76.8 Å². The predicted octanol–water partition coefficient (Wildman–Crippen LogP) is 5.96. The van der Waals surface area contributed by atoms with E-state index in [1.54, 1.807) is 24.3 Å². The van der Waals surface area contributed by atoms with Gasteiger partial charge < -0.3 is 14.8 Å². The van der Waals surface area contributed by atoms with E-state index in [0.717, 1.165) is 5.56 Å². The first kappa shape index (κ1) is 24.0. The number of rotatable bonds is 8. The second-order valence-corrected chi connectivity index (χ2v) is 8.08. The number of carbonyl (C=O) groups is 1. The van der Waals surface area contributed by atoms with Crippen molar-refractivity contribution < 1.29 is 18.7 Å². The molecule has 3 aromatic rings. The first-order chi connectivity index (χ1) is 15.9. The molecule has 0 saturated carbocycles. The second-order valence-electron chi connectivity index (χ2n) is 7.23. The standard InChI is InChI=1S/C26H22BrFN2O3/c1-17(20-8-4-3-5-9-20)30-26(31)21(15-29)11-19-13-23(27)25(24(14-19)32-2)33-16-18-7-6-10-22(28)12-18/h3-14,17H,16H2,1-2H3,(H,30,31)/b21-11-/t17-/m0/s1. The molecule has 1 N–H and O–H groups in total. The summed E-state index contributed by atoms with van der Waals surface area (Å²) in [6, 6.07) is 20.7. The number of methoxy groups -OCH3 is 1. The number of hydrogen-bond donors (Lipinski definition) is 1. The minimum Gasteiger partial charge on any atom is -0.493 e. The zero-order valence-corrected chi connectivity index (χ0v) is 19.7. The molecule has 33 heavy (non-hydrogen) atoms. The van der Waals surface area contributed by atoms with Gasteiger partial charge in [0.25, 0.3) is 5.91 Å². The Morgan fingerprint density at radius 1 is 1.18 bits per heavy atom. The number of nitrogens with zero attached hydrogens (tertiary/aromatic N) is 1. The van der Waals surface area contributed by atoms with E-state index in [9.17, 15) is 14.4 Å². The van der Waals surface area contributed by atoms with Gasteiger partial charge in [0.15, 0.2) is 11.5 Å². The van der Waals surface area contributed by atoms with Crippen molar-refractivity contribution in [3.8, 4) is 17.6 Å². The van der Waals surface area contributed by atoms with Crippen LogP contribution in [0, 0.1) is 17.1 Å². The van der Waals surface area contributed by atoms with Crippen molar-refractivity contribution in [2.75, 3.05) is 7.11 Å². The molecular formula is C26H22BrFN2O3. The fraction of sp³-hybridized carbons (Fsp3) is 0.154. The molecule has 0 aliphatic carbocycles. The summed E-state index contributed by atoms with van der Waals surface area (Å²) in [6.45, 7) is 2.00. The SMILES string of the molecule is COc1cc(/C=C(/C#N)C(=O)N[C@@H](C)c2ccccc2)cc(Br)c1OCc1cccc(F)c1. The first-order valence-electron chi connectivity index (χ1n) is 10.1. The highest BCUT2D eigenvalue weighted by Crippen LogP contribution is 2.37. The van der Waals surface area contributed by atoms with Crippen LogP contribution in [0.25, 0.3) is 6.08 Å². The van der Waals surface area contributed by atoms with E-state index in [1.807, 2.05) is 43.3 Å². The summed E-state index contributed by atoms with van der Waals surface area (Å²) in [5.74, 6) is 0.0174. The number of halogens is 2. The van der Waals surface area contributed by atoms with Gasteiger partial charge in [0.05, 0.1) is 17.6 Å².